The fourth-order valence-corrected chi connectivity index (χ4v) is 2.06. The summed E-state index contributed by atoms with van der Waals surface area (Å²) in [5.41, 5.74) is 9.06. The van der Waals surface area contributed by atoms with Crippen LogP contribution in [0.3, 0.4) is 0 Å². The van der Waals surface area contributed by atoms with Gasteiger partial charge in [0.15, 0.2) is 5.96 Å². The molecule has 2 aromatic heterocycles. The Hall–Kier alpha value is -1.31. The van der Waals surface area contributed by atoms with E-state index in [0.29, 0.717) is 5.96 Å². The van der Waals surface area contributed by atoms with Crippen LogP contribution in [0.5, 0.6) is 0 Å². The van der Waals surface area contributed by atoms with E-state index in [-0.39, 0.29) is 24.0 Å². The number of pyridine rings is 1. The summed E-state index contributed by atoms with van der Waals surface area (Å²) in [5.74, 6) is 0.526. The molecule has 0 amide bonds. The van der Waals surface area contributed by atoms with Crippen molar-refractivity contribution in [2.75, 3.05) is 13.1 Å². The molecule has 0 aliphatic rings. The fourth-order valence-electron chi connectivity index (χ4n) is 2.06. The minimum Gasteiger partial charge on any atom is -0.370 e. The third kappa shape index (κ3) is 5.18. The first-order chi connectivity index (χ1) is 9.70. The van der Waals surface area contributed by atoms with Gasteiger partial charge in [-0.15, -0.1) is 24.0 Å². The van der Waals surface area contributed by atoms with Crippen molar-refractivity contribution in [2.24, 2.45) is 10.7 Å². The molecule has 0 aliphatic heterocycles. The number of aromatic nitrogens is 2. The first-order valence-corrected chi connectivity index (χ1v) is 7.17. The van der Waals surface area contributed by atoms with Gasteiger partial charge in [-0.05, 0) is 25.0 Å². The van der Waals surface area contributed by atoms with Gasteiger partial charge in [-0.3, -0.25) is 4.99 Å². The number of imidazole rings is 1. The van der Waals surface area contributed by atoms with Crippen LogP contribution in [0.1, 0.15) is 31.0 Å². The van der Waals surface area contributed by atoms with Crippen LogP contribution in [-0.2, 0) is 6.42 Å². The Morgan fingerprint density at radius 2 is 2.29 bits per heavy atom. The number of unbranched alkanes of at least 4 members (excludes halogenated alkanes) is 1. The minimum absolute atomic E-state index is 0. The summed E-state index contributed by atoms with van der Waals surface area (Å²) in [4.78, 5) is 8.89. The molecule has 0 saturated heterocycles. The molecule has 0 aliphatic carbocycles. The number of rotatable bonds is 6. The maximum atomic E-state index is 5.79. The monoisotopic (exact) mass is 401 g/mol. The topological polar surface area (TPSA) is 67.7 Å². The Bertz CT molecular complexity index is 591. The number of hydrogen-bond acceptors (Lipinski definition) is 2. The average molecular weight is 401 g/mol. The fraction of sp³-hybridized carbons (Fsp3) is 0.467. The van der Waals surface area contributed by atoms with Gasteiger partial charge >= 0.3 is 0 Å². The number of halogens is 1. The van der Waals surface area contributed by atoms with Gasteiger partial charge in [0, 0.05) is 31.9 Å². The van der Waals surface area contributed by atoms with Gasteiger partial charge in [0.05, 0.1) is 5.69 Å². The van der Waals surface area contributed by atoms with E-state index in [2.05, 4.69) is 45.8 Å². The van der Waals surface area contributed by atoms with Gasteiger partial charge in [-0.2, -0.15) is 0 Å². The summed E-state index contributed by atoms with van der Waals surface area (Å²) in [6, 6.07) is 4.10. The molecule has 5 nitrogen and oxygen atoms in total. The van der Waals surface area contributed by atoms with Crippen LogP contribution >= 0.6 is 24.0 Å². The normalized spacial score (nSPS) is 11.4. The lowest BCUT2D eigenvalue weighted by atomic mass is 10.3. The molecule has 0 saturated carbocycles. The number of guanidine groups is 1. The van der Waals surface area contributed by atoms with Crippen LogP contribution in [0.2, 0.25) is 0 Å². The molecule has 0 fully saturated rings. The maximum absolute atomic E-state index is 5.79. The highest BCUT2D eigenvalue weighted by Gasteiger charge is 2.03. The molecule has 2 heterocycles. The van der Waals surface area contributed by atoms with Crippen LogP contribution in [-0.4, -0.2) is 28.4 Å². The molecular weight excluding hydrogens is 377 g/mol. The molecule has 116 valence electrons. The second-order valence-corrected chi connectivity index (χ2v) is 4.95. The summed E-state index contributed by atoms with van der Waals surface area (Å²) < 4.78 is 2.06. The van der Waals surface area contributed by atoms with Gasteiger partial charge in [-0.25, -0.2) is 4.98 Å². The first-order valence-electron chi connectivity index (χ1n) is 7.17. The van der Waals surface area contributed by atoms with Crippen molar-refractivity contribution < 1.29 is 0 Å². The van der Waals surface area contributed by atoms with Gasteiger partial charge < -0.3 is 15.5 Å². The number of nitrogens with one attached hydrogen (secondary N) is 1. The number of aliphatic imine (C=N–C) groups is 1. The number of hydrogen-bond donors (Lipinski definition) is 2. The summed E-state index contributed by atoms with van der Waals surface area (Å²) in [7, 11) is 0. The van der Waals surface area contributed by atoms with Crippen molar-refractivity contribution in [3.05, 3.63) is 35.8 Å². The van der Waals surface area contributed by atoms with Crippen molar-refractivity contribution in [3.63, 3.8) is 0 Å². The number of nitrogens with zero attached hydrogens (tertiary/aromatic N) is 3. The molecule has 0 unspecified atom stereocenters. The van der Waals surface area contributed by atoms with Crippen molar-refractivity contribution in [1.29, 1.82) is 0 Å². The van der Waals surface area contributed by atoms with Gasteiger partial charge in [0.25, 0.3) is 0 Å². The zero-order valence-electron chi connectivity index (χ0n) is 12.7. The van der Waals surface area contributed by atoms with E-state index in [1.165, 1.54) is 5.56 Å². The molecule has 3 N–H and O–H groups in total. The van der Waals surface area contributed by atoms with Crippen LogP contribution < -0.4 is 11.1 Å². The molecule has 0 atom stereocenters. The molecule has 0 aromatic carbocycles. The van der Waals surface area contributed by atoms with E-state index in [1.54, 1.807) is 0 Å². The van der Waals surface area contributed by atoms with Crippen LogP contribution in [0.4, 0.5) is 0 Å². The highest BCUT2D eigenvalue weighted by molar-refractivity contribution is 14.0. The van der Waals surface area contributed by atoms with Crippen molar-refractivity contribution in [1.82, 2.24) is 14.7 Å². The predicted octanol–water partition coefficient (Wildman–Crippen LogP) is 2.51. The summed E-state index contributed by atoms with van der Waals surface area (Å²) >= 11 is 0. The highest BCUT2D eigenvalue weighted by Crippen LogP contribution is 2.09. The molecule has 2 aromatic rings. The number of fused-ring (bicyclic) bond motifs is 1. The van der Waals surface area contributed by atoms with Crippen molar-refractivity contribution in [2.45, 2.75) is 33.1 Å². The molecule has 0 spiro atoms. The summed E-state index contributed by atoms with van der Waals surface area (Å²) in [6.07, 6.45) is 7.14. The van der Waals surface area contributed by atoms with Crippen molar-refractivity contribution >= 4 is 35.6 Å². The number of nitrogens with two attached hydrogens (primary N) is 1. The summed E-state index contributed by atoms with van der Waals surface area (Å²) in [6.45, 7) is 5.76. The third-order valence-corrected chi connectivity index (χ3v) is 3.21. The van der Waals surface area contributed by atoms with Gasteiger partial charge in [0.2, 0.25) is 0 Å². The molecule has 6 heteroatoms. The summed E-state index contributed by atoms with van der Waals surface area (Å²) in [5, 5.41) is 3.13. The van der Waals surface area contributed by atoms with E-state index in [1.807, 2.05) is 12.3 Å². The van der Waals surface area contributed by atoms with Crippen LogP contribution in [0, 0.1) is 6.92 Å². The Kier molecular flexibility index (Phi) is 7.49. The Labute approximate surface area is 143 Å². The largest absolute Gasteiger partial charge is 0.370 e. The Morgan fingerprint density at radius 1 is 1.48 bits per heavy atom. The van der Waals surface area contributed by atoms with E-state index in [4.69, 9.17) is 5.73 Å². The third-order valence-electron chi connectivity index (χ3n) is 3.21. The minimum atomic E-state index is 0. The molecule has 0 radical (unpaired) electrons. The first kappa shape index (κ1) is 17.7. The average Bonchev–Trinajstić information content (AvgIpc) is 2.83. The standard InChI is InChI=1S/C15H23N5.HI/c1-3-4-8-17-15(16)18-9-7-13-11-20-10-5-6-12(2)14(20)19-13;/h5-6,10-11H,3-4,7-9H2,1-2H3,(H3,16,17,18);1H. The lowest BCUT2D eigenvalue weighted by Gasteiger charge is -2.03. The van der Waals surface area contributed by atoms with Gasteiger partial charge in [-0.1, -0.05) is 19.4 Å². The molecule has 0 bridgehead atoms. The Balaban J connectivity index is 0.00000220. The maximum Gasteiger partial charge on any atom is 0.188 e. The zero-order chi connectivity index (χ0) is 14.4. The lowest BCUT2D eigenvalue weighted by Crippen LogP contribution is -2.33. The molecule has 2 rings (SSSR count). The Morgan fingerprint density at radius 3 is 3.00 bits per heavy atom. The smallest absolute Gasteiger partial charge is 0.188 e. The predicted molar refractivity (Wildman–Crippen MR) is 98.4 cm³/mol. The molecule has 21 heavy (non-hydrogen) atoms. The van der Waals surface area contributed by atoms with Crippen molar-refractivity contribution in [3.8, 4) is 0 Å². The van der Waals surface area contributed by atoms with Gasteiger partial charge in [0.1, 0.15) is 5.65 Å². The quantitative estimate of drug-likeness (QED) is 0.338. The second kappa shape index (κ2) is 8.86. The van der Waals surface area contributed by atoms with E-state index in [0.717, 1.165) is 43.7 Å². The highest BCUT2D eigenvalue weighted by atomic mass is 127. The van der Waals surface area contributed by atoms with E-state index >= 15 is 0 Å². The number of aryl methyl sites for hydroxylation is 1. The zero-order valence-corrected chi connectivity index (χ0v) is 15.0. The van der Waals surface area contributed by atoms with Crippen LogP contribution in [0.25, 0.3) is 5.65 Å². The second-order valence-electron chi connectivity index (χ2n) is 4.95. The van der Waals surface area contributed by atoms with Crippen LogP contribution in [0.15, 0.2) is 29.5 Å². The van der Waals surface area contributed by atoms with E-state index in [9.17, 15) is 0 Å². The lowest BCUT2D eigenvalue weighted by molar-refractivity contribution is 0.788. The SMILES string of the molecule is CCCCN=C(N)NCCc1cn2cccc(C)c2n1.I. The van der Waals surface area contributed by atoms with E-state index < -0.39 is 0 Å². The molecular formula is C15H24IN5.